The van der Waals surface area contributed by atoms with E-state index in [4.69, 9.17) is 9.84 Å². The lowest BCUT2D eigenvalue weighted by Gasteiger charge is -2.22. The van der Waals surface area contributed by atoms with Crippen molar-refractivity contribution in [2.24, 2.45) is 0 Å². The third-order valence-corrected chi connectivity index (χ3v) is 3.82. The van der Waals surface area contributed by atoms with Gasteiger partial charge >= 0.3 is 0 Å². The van der Waals surface area contributed by atoms with Gasteiger partial charge in [-0.1, -0.05) is 20.8 Å². The number of methoxy groups -OCH3 is 1. The highest BCUT2D eigenvalue weighted by molar-refractivity contribution is 7.09. The zero-order valence-corrected chi connectivity index (χ0v) is 12.5. The van der Waals surface area contributed by atoms with E-state index in [2.05, 4.69) is 31.8 Å². The van der Waals surface area contributed by atoms with E-state index in [1.165, 1.54) is 11.3 Å². The summed E-state index contributed by atoms with van der Waals surface area (Å²) in [5, 5.41) is 11.8. The molecule has 0 saturated carbocycles. The van der Waals surface area contributed by atoms with Crippen LogP contribution in [-0.2, 0) is 12.0 Å². The number of hydrogen-bond donors (Lipinski definition) is 1. The number of aliphatic hydroxyl groups is 1. The highest BCUT2D eigenvalue weighted by Gasteiger charge is 2.20. The van der Waals surface area contributed by atoms with Gasteiger partial charge in [0.05, 0.1) is 19.4 Å². The molecule has 0 fully saturated rings. The number of hydrogen-bond acceptors (Lipinski definition) is 4. The molecule has 1 aromatic heterocycles. The molecule has 0 aliphatic rings. The van der Waals surface area contributed by atoms with Gasteiger partial charge in [-0.15, -0.1) is 11.3 Å². The fraction of sp³-hybridized carbons (Fsp3) is 0.400. The second kappa shape index (κ2) is 5.31. The Bertz CT molecular complexity index is 570. The van der Waals surface area contributed by atoms with Crippen LogP contribution in [-0.4, -0.2) is 17.2 Å². The molecule has 4 heteroatoms. The number of aromatic nitrogens is 1. The maximum absolute atomic E-state index is 9.09. The zero-order valence-electron chi connectivity index (χ0n) is 11.7. The van der Waals surface area contributed by atoms with Crippen molar-refractivity contribution in [3.63, 3.8) is 0 Å². The van der Waals surface area contributed by atoms with Crippen molar-refractivity contribution in [3.05, 3.63) is 34.2 Å². The van der Waals surface area contributed by atoms with Crippen LogP contribution < -0.4 is 4.74 Å². The smallest absolute Gasteiger partial charge is 0.122 e. The van der Waals surface area contributed by atoms with Gasteiger partial charge in [-0.3, -0.25) is 0 Å². The van der Waals surface area contributed by atoms with Crippen molar-refractivity contribution in [2.45, 2.75) is 32.8 Å². The van der Waals surface area contributed by atoms with Gasteiger partial charge in [-0.25, -0.2) is 4.98 Å². The van der Waals surface area contributed by atoms with E-state index in [0.29, 0.717) is 0 Å². The predicted molar refractivity (Wildman–Crippen MR) is 78.7 cm³/mol. The monoisotopic (exact) mass is 277 g/mol. The first kappa shape index (κ1) is 14.0. The van der Waals surface area contributed by atoms with E-state index < -0.39 is 0 Å². The molecule has 0 unspecified atom stereocenters. The van der Waals surface area contributed by atoms with Gasteiger partial charge in [-0.2, -0.15) is 0 Å². The Morgan fingerprint density at radius 3 is 2.58 bits per heavy atom. The van der Waals surface area contributed by atoms with Crippen molar-refractivity contribution in [3.8, 4) is 17.0 Å². The topological polar surface area (TPSA) is 42.4 Å². The average Bonchev–Trinajstić information content (AvgIpc) is 2.85. The van der Waals surface area contributed by atoms with Gasteiger partial charge in [-0.05, 0) is 23.6 Å². The SMILES string of the molecule is COc1ccc(-c2csc(CO)n2)cc1C(C)(C)C. The lowest BCUT2D eigenvalue weighted by molar-refractivity contribution is 0.281. The number of rotatable bonds is 3. The molecule has 1 N–H and O–H groups in total. The Kier molecular flexibility index (Phi) is 3.92. The highest BCUT2D eigenvalue weighted by atomic mass is 32.1. The predicted octanol–water partition coefficient (Wildman–Crippen LogP) is 3.61. The molecule has 0 aliphatic heterocycles. The summed E-state index contributed by atoms with van der Waals surface area (Å²) in [6.07, 6.45) is 0. The van der Waals surface area contributed by atoms with E-state index in [9.17, 15) is 0 Å². The highest BCUT2D eigenvalue weighted by Crippen LogP contribution is 2.35. The first-order valence-electron chi connectivity index (χ1n) is 6.20. The van der Waals surface area contributed by atoms with Crippen molar-refractivity contribution in [2.75, 3.05) is 7.11 Å². The second-order valence-corrected chi connectivity index (χ2v) is 6.39. The van der Waals surface area contributed by atoms with E-state index in [-0.39, 0.29) is 12.0 Å². The lowest BCUT2D eigenvalue weighted by Crippen LogP contribution is -2.12. The number of benzene rings is 1. The van der Waals surface area contributed by atoms with Gasteiger partial charge in [0.15, 0.2) is 0 Å². The van der Waals surface area contributed by atoms with Crippen molar-refractivity contribution in [1.82, 2.24) is 4.98 Å². The second-order valence-electron chi connectivity index (χ2n) is 5.45. The van der Waals surface area contributed by atoms with Crippen LogP contribution in [0.25, 0.3) is 11.3 Å². The molecule has 1 heterocycles. The van der Waals surface area contributed by atoms with Gasteiger partial charge in [0.25, 0.3) is 0 Å². The minimum absolute atomic E-state index is 0.00699. The van der Waals surface area contributed by atoms with Crippen LogP contribution in [0.5, 0.6) is 5.75 Å². The number of thiazole rings is 1. The van der Waals surface area contributed by atoms with Crippen molar-refractivity contribution >= 4 is 11.3 Å². The van der Waals surface area contributed by atoms with E-state index in [1.807, 2.05) is 17.5 Å². The van der Waals surface area contributed by atoms with E-state index >= 15 is 0 Å². The van der Waals surface area contributed by atoms with Crippen molar-refractivity contribution < 1.29 is 9.84 Å². The van der Waals surface area contributed by atoms with Crippen LogP contribution >= 0.6 is 11.3 Å². The third kappa shape index (κ3) is 2.96. The van der Waals surface area contributed by atoms with Crippen LogP contribution in [0.1, 0.15) is 31.3 Å². The Hall–Kier alpha value is -1.39. The molecule has 0 bridgehead atoms. The quantitative estimate of drug-likeness (QED) is 0.932. The molecule has 0 saturated heterocycles. The summed E-state index contributed by atoms with van der Waals surface area (Å²) in [5.74, 6) is 0.897. The van der Waals surface area contributed by atoms with E-state index in [1.54, 1.807) is 7.11 Å². The summed E-state index contributed by atoms with van der Waals surface area (Å²) in [5.41, 5.74) is 3.13. The Balaban J connectivity index is 2.48. The van der Waals surface area contributed by atoms with Crippen LogP contribution in [0.3, 0.4) is 0 Å². The summed E-state index contributed by atoms with van der Waals surface area (Å²) in [7, 11) is 1.69. The maximum Gasteiger partial charge on any atom is 0.122 e. The summed E-state index contributed by atoms with van der Waals surface area (Å²) in [6.45, 7) is 6.48. The number of ether oxygens (including phenoxy) is 1. The molecule has 0 radical (unpaired) electrons. The fourth-order valence-corrected chi connectivity index (χ4v) is 2.63. The summed E-state index contributed by atoms with van der Waals surface area (Å²) in [6, 6.07) is 6.10. The molecule has 102 valence electrons. The molecule has 2 rings (SSSR count). The molecule has 2 aromatic rings. The number of aliphatic hydroxyl groups excluding tert-OH is 1. The molecule has 0 amide bonds. The summed E-state index contributed by atoms with van der Waals surface area (Å²) < 4.78 is 5.43. The molecule has 0 spiro atoms. The average molecular weight is 277 g/mol. The molecule has 0 aliphatic carbocycles. The van der Waals surface area contributed by atoms with Gasteiger partial charge < -0.3 is 9.84 Å². The Labute approximate surface area is 117 Å². The standard InChI is InChI=1S/C15H19NO2S/c1-15(2,3)11-7-10(5-6-13(11)18-4)12-9-19-14(8-17)16-12/h5-7,9,17H,8H2,1-4H3. The first-order valence-corrected chi connectivity index (χ1v) is 7.08. The first-order chi connectivity index (χ1) is 8.95. The molecule has 19 heavy (non-hydrogen) atoms. The van der Waals surface area contributed by atoms with Gasteiger partial charge in [0.1, 0.15) is 10.8 Å². The zero-order chi connectivity index (χ0) is 14.0. The van der Waals surface area contributed by atoms with Gasteiger partial charge in [0, 0.05) is 16.5 Å². The molecule has 0 atom stereocenters. The van der Waals surface area contributed by atoms with E-state index in [0.717, 1.165) is 27.6 Å². The minimum atomic E-state index is -0.00699. The molecule has 1 aromatic carbocycles. The van der Waals surface area contributed by atoms with Crippen molar-refractivity contribution in [1.29, 1.82) is 0 Å². The Morgan fingerprint density at radius 2 is 2.05 bits per heavy atom. The van der Waals surface area contributed by atoms with Crippen LogP contribution in [0, 0.1) is 0 Å². The normalized spacial score (nSPS) is 11.6. The van der Waals surface area contributed by atoms with Crippen LogP contribution in [0.4, 0.5) is 0 Å². The van der Waals surface area contributed by atoms with Crippen LogP contribution in [0.2, 0.25) is 0 Å². The fourth-order valence-electron chi connectivity index (χ4n) is 1.97. The minimum Gasteiger partial charge on any atom is -0.496 e. The third-order valence-electron chi connectivity index (χ3n) is 2.99. The largest absolute Gasteiger partial charge is 0.496 e. The molecular formula is C15H19NO2S. The molecule has 3 nitrogen and oxygen atoms in total. The Morgan fingerprint density at radius 1 is 1.32 bits per heavy atom. The molecular weight excluding hydrogens is 258 g/mol. The van der Waals surface area contributed by atoms with Gasteiger partial charge in [0.2, 0.25) is 0 Å². The maximum atomic E-state index is 9.09. The lowest BCUT2D eigenvalue weighted by atomic mass is 9.85. The van der Waals surface area contributed by atoms with Crippen LogP contribution in [0.15, 0.2) is 23.6 Å². The summed E-state index contributed by atoms with van der Waals surface area (Å²) >= 11 is 1.48. The number of nitrogens with zero attached hydrogens (tertiary/aromatic N) is 1. The summed E-state index contributed by atoms with van der Waals surface area (Å²) in [4.78, 5) is 4.41.